The molecular weight excluding hydrogens is 234 g/mol. The molecule has 0 spiro atoms. The fraction of sp³-hybridized carbons (Fsp3) is 0.438. The zero-order valence-electron chi connectivity index (χ0n) is 12.3. The normalized spacial score (nSPS) is 12.6. The Balaban J connectivity index is 2.12. The number of aryl methyl sites for hydroxylation is 3. The number of rotatable bonds is 5. The second kappa shape index (κ2) is 6.02. The molecule has 0 saturated heterocycles. The van der Waals surface area contributed by atoms with Gasteiger partial charge in [-0.05, 0) is 44.0 Å². The van der Waals surface area contributed by atoms with Crippen LogP contribution < -0.4 is 5.32 Å². The lowest BCUT2D eigenvalue weighted by Crippen LogP contribution is -2.19. The van der Waals surface area contributed by atoms with Crippen molar-refractivity contribution in [2.24, 2.45) is 7.05 Å². The van der Waals surface area contributed by atoms with Gasteiger partial charge in [-0.2, -0.15) is 0 Å². The van der Waals surface area contributed by atoms with Crippen LogP contribution in [0.5, 0.6) is 0 Å². The SMILES string of the molecule is CNC(CCc1nccn1C)c1cccc(C)c1C. The Hall–Kier alpha value is -1.61. The third kappa shape index (κ3) is 3.04. The second-order valence-corrected chi connectivity index (χ2v) is 5.12. The molecule has 102 valence electrons. The standard InChI is InChI=1S/C16H23N3/c1-12-6-5-7-14(13(12)2)15(17-3)8-9-16-18-10-11-19(16)4/h5-7,10-11,15,17H,8-9H2,1-4H3. The van der Waals surface area contributed by atoms with Crippen LogP contribution in [0.25, 0.3) is 0 Å². The molecule has 2 aromatic rings. The number of imidazole rings is 1. The van der Waals surface area contributed by atoms with Gasteiger partial charge in [0.25, 0.3) is 0 Å². The van der Waals surface area contributed by atoms with Gasteiger partial charge in [-0.3, -0.25) is 0 Å². The minimum absolute atomic E-state index is 0.386. The second-order valence-electron chi connectivity index (χ2n) is 5.12. The number of nitrogens with one attached hydrogen (secondary N) is 1. The molecule has 0 aliphatic rings. The van der Waals surface area contributed by atoms with Gasteiger partial charge >= 0.3 is 0 Å². The molecule has 1 N–H and O–H groups in total. The monoisotopic (exact) mass is 257 g/mol. The van der Waals surface area contributed by atoms with E-state index in [9.17, 15) is 0 Å². The molecule has 3 heteroatoms. The molecule has 1 aromatic heterocycles. The number of aromatic nitrogens is 2. The molecule has 0 fully saturated rings. The van der Waals surface area contributed by atoms with Crippen LogP contribution in [0.3, 0.4) is 0 Å². The van der Waals surface area contributed by atoms with Crippen molar-refractivity contribution in [2.45, 2.75) is 32.7 Å². The van der Waals surface area contributed by atoms with Gasteiger partial charge in [-0.1, -0.05) is 18.2 Å². The first-order valence-electron chi connectivity index (χ1n) is 6.83. The molecule has 1 unspecified atom stereocenters. The zero-order chi connectivity index (χ0) is 13.8. The third-order valence-corrected chi connectivity index (χ3v) is 3.95. The van der Waals surface area contributed by atoms with E-state index in [4.69, 9.17) is 0 Å². The molecular formula is C16H23N3. The lowest BCUT2D eigenvalue weighted by atomic mass is 9.94. The Kier molecular flexibility index (Phi) is 4.38. The van der Waals surface area contributed by atoms with Crippen molar-refractivity contribution in [1.29, 1.82) is 0 Å². The summed E-state index contributed by atoms with van der Waals surface area (Å²) in [5, 5.41) is 3.43. The summed E-state index contributed by atoms with van der Waals surface area (Å²) in [5.74, 6) is 1.14. The molecule has 2 rings (SSSR count). The van der Waals surface area contributed by atoms with E-state index in [1.54, 1.807) is 0 Å². The smallest absolute Gasteiger partial charge is 0.108 e. The fourth-order valence-electron chi connectivity index (χ4n) is 2.52. The molecule has 0 aliphatic carbocycles. The van der Waals surface area contributed by atoms with E-state index in [2.05, 4.69) is 54.0 Å². The lowest BCUT2D eigenvalue weighted by Gasteiger charge is -2.20. The molecule has 3 nitrogen and oxygen atoms in total. The molecule has 1 atom stereocenters. The quantitative estimate of drug-likeness (QED) is 0.892. The largest absolute Gasteiger partial charge is 0.338 e. The summed E-state index contributed by atoms with van der Waals surface area (Å²) in [4.78, 5) is 4.39. The Morgan fingerprint density at radius 3 is 2.74 bits per heavy atom. The van der Waals surface area contributed by atoms with Gasteiger partial charge in [0.15, 0.2) is 0 Å². The maximum absolute atomic E-state index is 4.39. The van der Waals surface area contributed by atoms with Crippen molar-refractivity contribution in [1.82, 2.24) is 14.9 Å². The first-order valence-corrected chi connectivity index (χ1v) is 6.83. The van der Waals surface area contributed by atoms with Crippen LogP contribution in [-0.4, -0.2) is 16.6 Å². The van der Waals surface area contributed by atoms with Crippen LogP contribution in [0.15, 0.2) is 30.6 Å². The van der Waals surface area contributed by atoms with E-state index in [0.29, 0.717) is 6.04 Å². The highest BCUT2D eigenvalue weighted by molar-refractivity contribution is 5.35. The predicted octanol–water partition coefficient (Wildman–Crippen LogP) is 2.93. The van der Waals surface area contributed by atoms with Gasteiger partial charge in [0.1, 0.15) is 5.82 Å². The molecule has 19 heavy (non-hydrogen) atoms. The van der Waals surface area contributed by atoms with E-state index in [1.807, 2.05) is 19.4 Å². The lowest BCUT2D eigenvalue weighted by molar-refractivity contribution is 0.533. The fourth-order valence-corrected chi connectivity index (χ4v) is 2.52. The number of hydrogen-bond donors (Lipinski definition) is 1. The number of nitrogens with zero attached hydrogens (tertiary/aromatic N) is 2. The van der Waals surface area contributed by atoms with Gasteiger partial charge in [-0.15, -0.1) is 0 Å². The Morgan fingerprint density at radius 1 is 1.32 bits per heavy atom. The Bertz CT molecular complexity index is 543. The van der Waals surface area contributed by atoms with Crippen molar-refractivity contribution in [3.63, 3.8) is 0 Å². The highest BCUT2D eigenvalue weighted by atomic mass is 15.0. The van der Waals surface area contributed by atoms with Crippen LogP contribution in [0, 0.1) is 13.8 Å². The van der Waals surface area contributed by atoms with Crippen LogP contribution >= 0.6 is 0 Å². The number of hydrogen-bond acceptors (Lipinski definition) is 2. The highest BCUT2D eigenvalue weighted by Crippen LogP contribution is 2.23. The Morgan fingerprint density at radius 2 is 2.11 bits per heavy atom. The van der Waals surface area contributed by atoms with Gasteiger partial charge in [0, 0.05) is 31.9 Å². The molecule has 1 aromatic carbocycles. The first kappa shape index (κ1) is 13.8. The minimum Gasteiger partial charge on any atom is -0.338 e. The first-order chi connectivity index (χ1) is 9.13. The number of benzene rings is 1. The van der Waals surface area contributed by atoms with Crippen LogP contribution in [0.2, 0.25) is 0 Å². The highest BCUT2D eigenvalue weighted by Gasteiger charge is 2.13. The summed E-state index contributed by atoms with van der Waals surface area (Å²) >= 11 is 0. The predicted molar refractivity (Wildman–Crippen MR) is 79.2 cm³/mol. The van der Waals surface area contributed by atoms with Crippen molar-refractivity contribution in [2.75, 3.05) is 7.05 Å². The van der Waals surface area contributed by atoms with E-state index in [-0.39, 0.29) is 0 Å². The summed E-state index contributed by atoms with van der Waals surface area (Å²) in [6, 6.07) is 6.92. The third-order valence-electron chi connectivity index (χ3n) is 3.95. The minimum atomic E-state index is 0.386. The average Bonchev–Trinajstić information content (AvgIpc) is 2.80. The summed E-state index contributed by atoms with van der Waals surface area (Å²) in [6.45, 7) is 4.38. The average molecular weight is 257 g/mol. The molecule has 0 amide bonds. The molecule has 0 saturated carbocycles. The molecule has 0 aliphatic heterocycles. The topological polar surface area (TPSA) is 29.9 Å². The van der Waals surface area contributed by atoms with Gasteiger partial charge < -0.3 is 9.88 Å². The summed E-state index contributed by atoms with van der Waals surface area (Å²) in [5.41, 5.74) is 4.15. The van der Waals surface area contributed by atoms with Crippen molar-refractivity contribution in [3.8, 4) is 0 Å². The van der Waals surface area contributed by atoms with Gasteiger partial charge in [-0.25, -0.2) is 4.98 Å². The van der Waals surface area contributed by atoms with Crippen LogP contribution in [0.1, 0.15) is 35.0 Å². The van der Waals surface area contributed by atoms with Crippen molar-refractivity contribution in [3.05, 3.63) is 53.1 Å². The van der Waals surface area contributed by atoms with E-state index in [1.165, 1.54) is 16.7 Å². The molecule has 0 radical (unpaired) electrons. The molecule has 0 bridgehead atoms. The van der Waals surface area contributed by atoms with Gasteiger partial charge in [0.2, 0.25) is 0 Å². The van der Waals surface area contributed by atoms with E-state index in [0.717, 1.165) is 18.7 Å². The van der Waals surface area contributed by atoms with Crippen LogP contribution in [-0.2, 0) is 13.5 Å². The van der Waals surface area contributed by atoms with Crippen molar-refractivity contribution >= 4 is 0 Å². The maximum Gasteiger partial charge on any atom is 0.108 e. The van der Waals surface area contributed by atoms with E-state index < -0.39 is 0 Å². The maximum atomic E-state index is 4.39. The zero-order valence-corrected chi connectivity index (χ0v) is 12.3. The Labute approximate surface area is 115 Å². The van der Waals surface area contributed by atoms with Crippen LogP contribution in [0.4, 0.5) is 0 Å². The summed E-state index contributed by atoms with van der Waals surface area (Å²) in [7, 11) is 4.08. The summed E-state index contributed by atoms with van der Waals surface area (Å²) < 4.78 is 2.09. The molecule has 1 heterocycles. The van der Waals surface area contributed by atoms with Crippen molar-refractivity contribution < 1.29 is 0 Å². The van der Waals surface area contributed by atoms with Gasteiger partial charge in [0.05, 0.1) is 0 Å². The summed E-state index contributed by atoms with van der Waals surface area (Å²) in [6.07, 6.45) is 5.91. The van der Waals surface area contributed by atoms with E-state index >= 15 is 0 Å².